The highest BCUT2D eigenvalue weighted by atomic mass is 16.4. The van der Waals surface area contributed by atoms with E-state index >= 15 is 0 Å². The highest BCUT2D eigenvalue weighted by Crippen LogP contribution is 2.36. The predicted molar refractivity (Wildman–Crippen MR) is 107 cm³/mol. The number of rotatable bonds is 8. The summed E-state index contributed by atoms with van der Waals surface area (Å²) in [5, 5.41) is 23.1. The Balaban J connectivity index is 1.66. The Morgan fingerprint density at radius 2 is 2.00 bits per heavy atom. The number of benzene rings is 1. The molecule has 3 N–H and O–H groups in total. The molecule has 0 saturated carbocycles. The third-order valence-corrected chi connectivity index (χ3v) is 5.71. The maximum absolute atomic E-state index is 12.2. The number of nitrogens with zero attached hydrogens (tertiary/aromatic N) is 1. The maximum atomic E-state index is 12.2. The first-order chi connectivity index (χ1) is 13.9. The van der Waals surface area contributed by atoms with Gasteiger partial charge in [-0.3, -0.25) is 14.5 Å². The fourth-order valence-corrected chi connectivity index (χ4v) is 4.04. The van der Waals surface area contributed by atoms with Crippen molar-refractivity contribution in [1.82, 2.24) is 10.2 Å². The summed E-state index contributed by atoms with van der Waals surface area (Å²) in [6.07, 6.45) is 1.36. The average molecular weight is 400 g/mol. The molecule has 0 bridgehead atoms. The molecule has 7 heteroatoms. The van der Waals surface area contributed by atoms with Gasteiger partial charge in [0.25, 0.3) is 5.91 Å². The smallest absolute Gasteiger partial charge is 0.313 e. The van der Waals surface area contributed by atoms with Crippen LogP contribution < -0.4 is 5.32 Å². The molecule has 2 aromatic rings. The van der Waals surface area contributed by atoms with Crippen molar-refractivity contribution in [3.05, 3.63) is 59.5 Å². The molecular weight excluding hydrogens is 372 g/mol. The maximum Gasteiger partial charge on any atom is 0.313 e. The van der Waals surface area contributed by atoms with E-state index in [4.69, 9.17) is 4.42 Å². The van der Waals surface area contributed by atoms with Gasteiger partial charge in [-0.2, -0.15) is 0 Å². The lowest BCUT2D eigenvalue weighted by atomic mass is 9.73. The van der Waals surface area contributed by atoms with Crippen LogP contribution in [0, 0.1) is 5.41 Å². The van der Waals surface area contributed by atoms with Crippen molar-refractivity contribution < 1.29 is 24.2 Å². The number of piperidine rings is 1. The Kier molecular flexibility index (Phi) is 6.71. The van der Waals surface area contributed by atoms with Crippen molar-refractivity contribution in [3.63, 3.8) is 0 Å². The van der Waals surface area contributed by atoms with Crippen LogP contribution in [0.15, 0.2) is 46.9 Å². The van der Waals surface area contributed by atoms with E-state index in [0.29, 0.717) is 38.1 Å². The van der Waals surface area contributed by atoms with Gasteiger partial charge >= 0.3 is 5.97 Å². The summed E-state index contributed by atoms with van der Waals surface area (Å²) >= 11 is 0. The van der Waals surface area contributed by atoms with Crippen molar-refractivity contribution in [2.45, 2.75) is 38.3 Å². The number of amides is 1. The van der Waals surface area contributed by atoms with Gasteiger partial charge in [-0.15, -0.1) is 0 Å². The van der Waals surface area contributed by atoms with Gasteiger partial charge in [-0.1, -0.05) is 30.3 Å². The van der Waals surface area contributed by atoms with E-state index in [1.165, 1.54) is 7.05 Å². The van der Waals surface area contributed by atoms with E-state index in [2.05, 4.69) is 5.32 Å². The monoisotopic (exact) mass is 400 g/mol. The van der Waals surface area contributed by atoms with E-state index in [9.17, 15) is 19.8 Å². The largest absolute Gasteiger partial charge is 0.481 e. The molecule has 0 unspecified atom stereocenters. The summed E-state index contributed by atoms with van der Waals surface area (Å²) in [5.74, 6) is -0.435. The number of nitrogens with one attached hydrogen (secondary N) is 1. The van der Waals surface area contributed by atoms with E-state index in [1.54, 1.807) is 12.1 Å². The van der Waals surface area contributed by atoms with Crippen LogP contribution >= 0.6 is 0 Å². The predicted octanol–water partition coefficient (Wildman–Crippen LogP) is 2.30. The highest BCUT2D eigenvalue weighted by Gasteiger charge is 2.48. The molecule has 2 atom stereocenters. The topological polar surface area (TPSA) is 103 Å². The SMILES string of the molecule is CNC(=O)c1ccc(CN2CC[C@H](O)[C@](CCCc3ccccc3)(C(=O)O)C2)o1. The molecule has 0 aliphatic carbocycles. The third-order valence-electron chi connectivity index (χ3n) is 5.71. The number of carboxylic acid groups (broad SMARTS) is 1. The zero-order valence-electron chi connectivity index (χ0n) is 16.6. The van der Waals surface area contributed by atoms with Gasteiger partial charge in [0.2, 0.25) is 0 Å². The van der Waals surface area contributed by atoms with E-state index in [1.807, 2.05) is 35.2 Å². The molecule has 1 fully saturated rings. The van der Waals surface area contributed by atoms with Crippen LogP contribution in [0.1, 0.15) is 41.1 Å². The molecule has 1 aliphatic rings. The number of furan rings is 1. The van der Waals surface area contributed by atoms with Gasteiger partial charge in [0, 0.05) is 20.1 Å². The van der Waals surface area contributed by atoms with E-state index in [-0.39, 0.29) is 18.2 Å². The molecule has 0 spiro atoms. The second-order valence-electron chi connectivity index (χ2n) is 7.66. The molecule has 1 aromatic heterocycles. The normalized spacial score (nSPS) is 22.3. The number of aliphatic hydroxyl groups is 1. The van der Waals surface area contributed by atoms with Crippen LogP contribution in [-0.2, 0) is 17.8 Å². The lowest BCUT2D eigenvalue weighted by Crippen LogP contribution is -2.55. The minimum atomic E-state index is -1.21. The molecule has 156 valence electrons. The summed E-state index contributed by atoms with van der Waals surface area (Å²) in [7, 11) is 1.53. The molecule has 1 amide bonds. The van der Waals surface area contributed by atoms with Crippen molar-refractivity contribution in [2.24, 2.45) is 5.41 Å². The van der Waals surface area contributed by atoms with Crippen LogP contribution in [0.3, 0.4) is 0 Å². The van der Waals surface area contributed by atoms with Gasteiger partial charge in [-0.05, 0) is 43.4 Å². The summed E-state index contributed by atoms with van der Waals surface area (Å²) in [6.45, 7) is 1.22. The average Bonchev–Trinajstić information content (AvgIpc) is 3.19. The lowest BCUT2D eigenvalue weighted by Gasteiger charge is -2.43. The molecule has 7 nitrogen and oxygen atoms in total. The Labute approximate surface area is 170 Å². The minimum Gasteiger partial charge on any atom is -0.481 e. The summed E-state index contributed by atoms with van der Waals surface area (Å²) in [5.41, 5.74) is -0.0454. The van der Waals surface area contributed by atoms with Gasteiger partial charge < -0.3 is 19.9 Å². The molecular formula is C22H28N2O5. The number of hydrogen-bond donors (Lipinski definition) is 3. The quantitative estimate of drug-likeness (QED) is 0.628. The summed E-state index contributed by atoms with van der Waals surface area (Å²) in [4.78, 5) is 25.8. The van der Waals surface area contributed by atoms with Crippen LogP contribution in [0.4, 0.5) is 0 Å². The first-order valence-corrected chi connectivity index (χ1v) is 9.93. The Morgan fingerprint density at radius 1 is 1.24 bits per heavy atom. The summed E-state index contributed by atoms with van der Waals surface area (Å²) < 4.78 is 5.57. The number of carboxylic acids is 1. The van der Waals surface area contributed by atoms with Crippen molar-refractivity contribution in [3.8, 4) is 0 Å². The van der Waals surface area contributed by atoms with Crippen LogP contribution in [0.25, 0.3) is 0 Å². The summed E-state index contributed by atoms with van der Waals surface area (Å²) in [6, 6.07) is 13.3. The van der Waals surface area contributed by atoms with Crippen LogP contribution in [0.5, 0.6) is 0 Å². The molecule has 0 radical (unpaired) electrons. The number of hydrogen-bond acceptors (Lipinski definition) is 5. The third kappa shape index (κ3) is 4.86. The van der Waals surface area contributed by atoms with Crippen molar-refractivity contribution in [1.29, 1.82) is 0 Å². The molecule has 29 heavy (non-hydrogen) atoms. The van der Waals surface area contributed by atoms with E-state index < -0.39 is 17.5 Å². The number of aryl methyl sites for hydroxylation is 1. The lowest BCUT2D eigenvalue weighted by molar-refractivity contribution is -0.165. The Morgan fingerprint density at radius 3 is 2.69 bits per heavy atom. The second kappa shape index (κ2) is 9.24. The first kappa shape index (κ1) is 21.1. The van der Waals surface area contributed by atoms with Crippen molar-refractivity contribution >= 4 is 11.9 Å². The van der Waals surface area contributed by atoms with Gasteiger partial charge in [0.1, 0.15) is 11.2 Å². The number of carbonyl (C=O) groups excluding carboxylic acids is 1. The minimum absolute atomic E-state index is 0.229. The van der Waals surface area contributed by atoms with Crippen LogP contribution in [-0.4, -0.2) is 53.2 Å². The van der Waals surface area contributed by atoms with E-state index in [0.717, 1.165) is 12.0 Å². The van der Waals surface area contributed by atoms with Gasteiger partial charge in [-0.25, -0.2) is 0 Å². The molecule has 1 aliphatic heterocycles. The molecule has 1 aromatic carbocycles. The second-order valence-corrected chi connectivity index (χ2v) is 7.66. The van der Waals surface area contributed by atoms with Crippen LogP contribution in [0.2, 0.25) is 0 Å². The number of likely N-dealkylation sites (tertiary alicyclic amines) is 1. The highest BCUT2D eigenvalue weighted by molar-refractivity contribution is 5.91. The van der Waals surface area contributed by atoms with Gasteiger partial charge in [0.15, 0.2) is 5.76 Å². The zero-order chi connectivity index (χ0) is 20.9. The fraction of sp³-hybridized carbons (Fsp3) is 0.455. The number of carbonyl (C=O) groups is 2. The standard InChI is InChI=1S/C22H28N2O5/c1-23-20(26)18-10-9-17(29-18)14-24-13-11-19(25)22(15-24,21(27)28)12-5-8-16-6-3-2-4-7-16/h2-4,6-7,9-10,19,25H,5,8,11-15H2,1H3,(H,23,26)(H,27,28)/t19-,22+/m0/s1. The molecule has 1 saturated heterocycles. The van der Waals surface area contributed by atoms with Gasteiger partial charge in [0.05, 0.1) is 12.6 Å². The Bertz CT molecular complexity index is 835. The molecule has 3 rings (SSSR count). The van der Waals surface area contributed by atoms with Crippen molar-refractivity contribution in [2.75, 3.05) is 20.1 Å². The Hall–Kier alpha value is -2.64. The number of aliphatic hydroxyl groups excluding tert-OH is 1. The first-order valence-electron chi connectivity index (χ1n) is 9.93. The zero-order valence-corrected chi connectivity index (χ0v) is 16.6. The fourth-order valence-electron chi connectivity index (χ4n) is 4.04. The number of aliphatic carboxylic acids is 1. The molecule has 2 heterocycles.